The third kappa shape index (κ3) is 4.09. The Hall–Kier alpha value is -0.940. The first-order chi connectivity index (χ1) is 8.36. The Labute approximate surface area is 105 Å². The fraction of sp³-hybridized carbons (Fsp3) is 0.583. The predicted molar refractivity (Wildman–Crippen MR) is 67.3 cm³/mol. The molecule has 5 heteroatoms. The molecule has 4 nitrogen and oxygen atoms in total. The Kier molecular flexibility index (Phi) is 4.94. The van der Waals surface area contributed by atoms with E-state index < -0.39 is 0 Å². The molecule has 0 saturated carbocycles. The van der Waals surface area contributed by atoms with Crippen molar-refractivity contribution in [2.24, 2.45) is 0 Å². The van der Waals surface area contributed by atoms with Gasteiger partial charge in [0.05, 0.1) is 6.26 Å². The second kappa shape index (κ2) is 6.71. The van der Waals surface area contributed by atoms with Gasteiger partial charge in [0.2, 0.25) is 0 Å². The minimum Gasteiger partial charge on any atom is -0.459 e. The topological polar surface area (TPSA) is 51.5 Å². The highest BCUT2D eigenvalue weighted by Gasteiger charge is 2.14. The minimum absolute atomic E-state index is 0.137. The lowest BCUT2D eigenvalue weighted by Gasteiger charge is -2.21. The molecule has 1 aliphatic rings. The number of carbonyl (C=O) groups is 1. The minimum atomic E-state index is -0.137. The summed E-state index contributed by atoms with van der Waals surface area (Å²) >= 11 is 1.91. The van der Waals surface area contributed by atoms with Crippen LogP contribution in [0.1, 0.15) is 23.4 Å². The van der Waals surface area contributed by atoms with Crippen LogP contribution in [-0.4, -0.2) is 36.7 Å². The first kappa shape index (κ1) is 12.5. The van der Waals surface area contributed by atoms with Crippen LogP contribution in [-0.2, 0) is 4.74 Å². The summed E-state index contributed by atoms with van der Waals surface area (Å²) in [6.07, 6.45) is 3.75. The maximum absolute atomic E-state index is 11.5. The third-order valence-corrected chi connectivity index (χ3v) is 4.04. The fourth-order valence-electron chi connectivity index (χ4n) is 1.73. The summed E-state index contributed by atoms with van der Waals surface area (Å²) in [6, 6.07) is 3.38. The van der Waals surface area contributed by atoms with E-state index in [0.29, 0.717) is 17.6 Å². The lowest BCUT2D eigenvalue weighted by molar-refractivity contribution is 0.0928. The number of ether oxygens (including phenoxy) is 1. The van der Waals surface area contributed by atoms with Crippen LogP contribution >= 0.6 is 11.8 Å². The summed E-state index contributed by atoms with van der Waals surface area (Å²) in [5, 5.41) is 3.52. The van der Waals surface area contributed by atoms with Crippen LogP contribution in [0.4, 0.5) is 0 Å². The summed E-state index contributed by atoms with van der Waals surface area (Å²) in [4.78, 5) is 11.5. The van der Waals surface area contributed by atoms with Crippen LogP contribution < -0.4 is 5.32 Å². The average molecular weight is 255 g/mol. The van der Waals surface area contributed by atoms with Crippen LogP contribution in [0.15, 0.2) is 22.8 Å². The smallest absolute Gasteiger partial charge is 0.287 e. The Balaban J connectivity index is 1.58. The number of amides is 1. The Morgan fingerprint density at radius 2 is 2.29 bits per heavy atom. The molecule has 17 heavy (non-hydrogen) atoms. The number of hydrogen-bond acceptors (Lipinski definition) is 4. The lowest BCUT2D eigenvalue weighted by Crippen LogP contribution is -2.26. The van der Waals surface area contributed by atoms with E-state index in [4.69, 9.17) is 9.15 Å². The molecule has 2 rings (SSSR count). The van der Waals surface area contributed by atoms with Crippen molar-refractivity contribution in [3.05, 3.63) is 24.2 Å². The second-order valence-electron chi connectivity index (χ2n) is 3.92. The molecule has 0 spiro atoms. The second-order valence-corrected chi connectivity index (χ2v) is 5.32. The Bertz CT molecular complexity index is 334. The molecule has 0 radical (unpaired) electrons. The highest BCUT2D eigenvalue weighted by atomic mass is 32.2. The lowest BCUT2D eigenvalue weighted by atomic mass is 10.2. The molecule has 1 aromatic rings. The van der Waals surface area contributed by atoms with E-state index in [0.717, 1.165) is 31.8 Å². The van der Waals surface area contributed by atoms with Gasteiger partial charge in [0.15, 0.2) is 5.76 Å². The SMILES string of the molecule is O=C(NCCSC1CCOCC1)c1ccco1. The van der Waals surface area contributed by atoms with Gasteiger partial charge in [0.1, 0.15) is 0 Å². The predicted octanol–water partition coefficient (Wildman–Crippen LogP) is 1.92. The van der Waals surface area contributed by atoms with Crippen molar-refractivity contribution in [2.75, 3.05) is 25.5 Å². The normalized spacial score (nSPS) is 16.9. The molecule has 0 atom stereocenters. The largest absolute Gasteiger partial charge is 0.459 e. The fourth-order valence-corrected chi connectivity index (χ4v) is 2.81. The van der Waals surface area contributed by atoms with Crippen LogP contribution in [0.3, 0.4) is 0 Å². The molecule has 0 aromatic carbocycles. The monoisotopic (exact) mass is 255 g/mol. The summed E-state index contributed by atoms with van der Waals surface area (Å²) in [7, 11) is 0. The van der Waals surface area contributed by atoms with Crippen LogP contribution in [0, 0.1) is 0 Å². The number of furan rings is 1. The summed E-state index contributed by atoms with van der Waals surface area (Å²) < 4.78 is 10.3. The molecule has 0 bridgehead atoms. The van der Waals surface area contributed by atoms with E-state index in [1.807, 2.05) is 11.8 Å². The van der Waals surface area contributed by atoms with E-state index in [1.54, 1.807) is 12.1 Å². The molecule has 0 unspecified atom stereocenters. The van der Waals surface area contributed by atoms with Crippen molar-refractivity contribution < 1.29 is 13.9 Å². The van der Waals surface area contributed by atoms with E-state index in [1.165, 1.54) is 6.26 Å². The van der Waals surface area contributed by atoms with Crippen molar-refractivity contribution in [2.45, 2.75) is 18.1 Å². The molecule has 94 valence electrons. The number of hydrogen-bond donors (Lipinski definition) is 1. The van der Waals surface area contributed by atoms with E-state index in [9.17, 15) is 4.79 Å². The Morgan fingerprint density at radius 1 is 1.47 bits per heavy atom. The Morgan fingerprint density at radius 3 is 3.00 bits per heavy atom. The summed E-state index contributed by atoms with van der Waals surface area (Å²) in [5.74, 6) is 1.18. The van der Waals surface area contributed by atoms with E-state index >= 15 is 0 Å². The van der Waals surface area contributed by atoms with Gasteiger partial charge >= 0.3 is 0 Å². The van der Waals surface area contributed by atoms with Crippen molar-refractivity contribution in [1.82, 2.24) is 5.32 Å². The van der Waals surface area contributed by atoms with Gasteiger partial charge < -0.3 is 14.5 Å². The molecule has 1 aromatic heterocycles. The van der Waals surface area contributed by atoms with Gasteiger partial charge in [-0.25, -0.2) is 0 Å². The van der Waals surface area contributed by atoms with E-state index in [2.05, 4.69) is 5.32 Å². The van der Waals surface area contributed by atoms with E-state index in [-0.39, 0.29) is 5.91 Å². The standard InChI is InChI=1S/C12H17NO3S/c14-12(11-2-1-6-16-11)13-5-9-17-10-3-7-15-8-4-10/h1-2,6,10H,3-5,7-9H2,(H,13,14). The molecule has 1 aliphatic heterocycles. The summed E-state index contributed by atoms with van der Waals surface area (Å²) in [5.41, 5.74) is 0. The van der Waals surface area contributed by atoms with Gasteiger partial charge in [-0.2, -0.15) is 11.8 Å². The van der Waals surface area contributed by atoms with Gasteiger partial charge in [-0.3, -0.25) is 4.79 Å². The molecule has 2 heterocycles. The van der Waals surface area contributed by atoms with Crippen molar-refractivity contribution in [3.63, 3.8) is 0 Å². The zero-order valence-corrected chi connectivity index (χ0v) is 10.5. The number of nitrogens with one attached hydrogen (secondary N) is 1. The molecule has 1 fully saturated rings. The average Bonchev–Trinajstić information content (AvgIpc) is 2.89. The number of thioether (sulfide) groups is 1. The van der Waals surface area contributed by atoms with Gasteiger partial charge in [0, 0.05) is 30.8 Å². The van der Waals surface area contributed by atoms with Gasteiger partial charge in [-0.15, -0.1) is 0 Å². The molecular formula is C12H17NO3S. The first-order valence-electron chi connectivity index (χ1n) is 5.87. The number of rotatable bonds is 5. The van der Waals surface area contributed by atoms with Crippen molar-refractivity contribution in [3.8, 4) is 0 Å². The zero-order valence-electron chi connectivity index (χ0n) is 9.69. The highest BCUT2D eigenvalue weighted by Crippen LogP contribution is 2.21. The van der Waals surface area contributed by atoms with Crippen molar-refractivity contribution in [1.29, 1.82) is 0 Å². The molecule has 0 aliphatic carbocycles. The molecule has 1 saturated heterocycles. The maximum Gasteiger partial charge on any atom is 0.287 e. The van der Waals surface area contributed by atoms with Crippen LogP contribution in [0.2, 0.25) is 0 Å². The number of carbonyl (C=O) groups excluding carboxylic acids is 1. The van der Waals surface area contributed by atoms with Crippen molar-refractivity contribution >= 4 is 17.7 Å². The van der Waals surface area contributed by atoms with Gasteiger partial charge in [0.25, 0.3) is 5.91 Å². The maximum atomic E-state index is 11.5. The molecular weight excluding hydrogens is 238 g/mol. The van der Waals surface area contributed by atoms with Crippen LogP contribution in [0.25, 0.3) is 0 Å². The first-order valence-corrected chi connectivity index (χ1v) is 6.92. The molecule has 1 amide bonds. The summed E-state index contributed by atoms with van der Waals surface area (Å²) in [6.45, 7) is 2.42. The highest BCUT2D eigenvalue weighted by molar-refractivity contribution is 7.99. The quantitative estimate of drug-likeness (QED) is 0.817. The third-order valence-electron chi connectivity index (χ3n) is 2.65. The molecule has 1 N–H and O–H groups in total. The zero-order chi connectivity index (χ0) is 11.9. The van der Waals surface area contributed by atoms with Gasteiger partial charge in [-0.05, 0) is 25.0 Å². The van der Waals surface area contributed by atoms with Crippen LogP contribution in [0.5, 0.6) is 0 Å². The van der Waals surface area contributed by atoms with Gasteiger partial charge in [-0.1, -0.05) is 0 Å².